The van der Waals surface area contributed by atoms with Crippen LogP contribution < -0.4 is 15.4 Å². The van der Waals surface area contributed by atoms with E-state index in [-0.39, 0.29) is 19.1 Å². The number of thiophene rings is 1. The minimum Gasteiger partial charge on any atom is -0.496 e. The molecule has 1 atom stereocenters. The molecule has 10 heteroatoms. The van der Waals surface area contributed by atoms with Gasteiger partial charge in [0.15, 0.2) is 0 Å². The molecule has 2 N–H and O–H groups in total. The van der Waals surface area contributed by atoms with Gasteiger partial charge in [0.1, 0.15) is 9.96 Å². The lowest BCUT2D eigenvalue weighted by atomic mass is 10.0. The highest BCUT2D eigenvalue weighted by molar-refractivity contribution is 7.91. The Balaban J connectivity index is 1.50. The zero-order valence-corrected chi connectivity index (χ0v) is 19.0. The fourth-order valence-electron chi connectivity index (χ4n) is 3.64. The van der Waals surface area contributed by atoms with Crippen molar-refractivity contribution in [3.63, 3.8) is 0 Å². The Morgan fingerprint density at radius 3 is 2.65 bits per heavy atom. The maximum atomic E-state index is 12.9. The zero-order valence-electron chi connectivity index (χ0n) is 17.4. The Morgan fingerprint density at radius 2 is 1.90 bits per heavy atom. The zero-order chi connectivity index (χ0) is 22.3. The molecule has 0 unspecified atom stereocenters. The van der Waals surface area contributed by atoms with Crippen LogP contribution in [0.4, 0.5) is 0 Å². The van der Waals surface area contributed by atoms with Crippen molar-refractivity contribution in [1.82, 2.24) is 14.9 Å². The van der Waals surface area contributed by atoms with Crippen LogP contribution in [0.2, 0.25) is 0 Å². The van der Waals surface area contributed by atoms with Crippen LogP contribution >= 0.6 is 11.3 Å². The van der Waals surface area contributed by atoms with Crippen molar-refractivity contribution in [3.8, 4) is 5.75 Å². The maximum absolute atomic E-state index is 12.9. The van der Waals surface area contributed by atoms with Crippen molar-refractivity contribution in [3.05, 3.63) is 47.3 Å². The Kier molecular flexibility index (Phi) is 8.05. The first kappa shape index (κ1) is 23.2. The van der Waals surface area contributed by atoms with Crippen LogP contribution in [-0.4, -0.2) is 50.8 Å². The minimum atomic E-state index is -3.53. The molecule has 1 fully saturated rings. The van der Waals surface area contributed by atoms with Crippen LogP contribution in [0.25, 0.3) is 0 Å². The fourth-order valence-corrected chi connectivity index (χ4v) is 6.49. The third-order valence-corrected chi connectivity index (χ3v) is 8.56. The summed E-state index contributed by atoms with van der Waals surface area (Å²) >= 11 is 1.20. The number of benzene rings is 1. The van der Waals surface area contributed by atoms with Gasteiger partial charge in [-0.1, -0.05) is 30.7 Å². The summed E-state index contributed by atoms with van der Waals surface area (Å²) in [5, 5.41) is 6.92. The summed E-state index contributed by atoms with van der Waals surface area (Å²) in [6.07, 6.45) is 2.95. The predicted octanol–water partition coefficient (Wildman–Crippen LogP) is 2.12. The number of piperidine rings is 1. The van der Waals surface area contributed by atoms with Crippen LogP contribution in [0.5, 0.6) is 5.75 Å². The molecule has 0 aliphatic carbocycles. The quantitative estimate of drug-likeness (QED) is 0.581. The molecule has 31 heavy (non-hydrogen) atoms. The molecular weight excluding hydrogens is 438 g/mol. The molecule has 2 amide bonds. The van der Waals surface area contributed by atoms with Crippen LogP contribution in [0.1, 0.15) is 31.2 Å². The SMILES string of the molecule is COc1ccccc1CNC(=O)C(=O)NCC[C@@H]1CCCCN1S(=O)(=O)c1cccs1. The van der Waals surface area contributed by atoms with Gasteiger partial charge in [-0.3, -0.25) is 9.59 Å². The first-order chi connectivity index (χ1) is 14.9. The van der Waals surface area contributed by atoms with Gasteiger partial charge < -0.3 is 15.4 Å². The summed E-state index contributed by atoms with van der Waals surface area (Å²) in [5.41, 5.74) is 0.766. The smallest absolute Gasteiger partial charge is 0.309 e. The number of carbonyl (C=O) groups is 2. The van der Waals surface area contributed by atoms with E-state index >= 15 is 0 Å². The normalized spacial score (nSPS) is 17.1. The molecular formula is C21H27N3O5S2. The van der Waals surface area contributed by atoms with Gasteiger partial charge in [-0.25, -0.2) is 8.42 Å². The van der Waals surface area contributed by atoms with Crippen LogP contribution in [0.15, 0.2) is 46.0 Å². The van der Waals surface area contributed by atoms with Gasteiger partial charge in [0.2, 0.25) is 0 Å². The van der Waals surface area contributed by atoms with Crippen LogP contribution in [0.3, 0.4) is 0 Å². The molecule has 1 aromatic carbocycles. The monoisotopic (exact) mass is 465 g/mol. The number of nitrogens with zero attached hydrogens (tertiary/aromatic N) is 1. The van der Waals surface area contributed by atoms with Gasteiger partial charge in [-0.2, -0.15) is 4.31 Å². The van der Waals surface area contributed by atoms with E-state index in [0.717, 1.165) is 24.8 Å². The average molecular weight is 466 g/mol. The molecule has 0 spiro atoms. The Morgan fingerprint density at radius 1 is 1.13 bits per heavy atom. The molecule has 168 valence electrons. The lowest BCUT2D eigenvalue weighted by Crippen LogP contribution is -2.46. The number of amides is 2. The van der Waals surface area contributed by atoms with Gasteiger partial charge in [0.25, 0.3) is 10.0 Å². The summed E-state index contributed by atoms with van der Waals surface area (Å²) in [4.78, 5) is 24.2. The van der Waals surface area contributed by atoms with Crippen molar-refractivity contribution in [2.24, 2.45) is 0 Å². The van der Waals surface area contributed by atoms with E-state index in [4.69, 9.17) is 4.74 Å². The van der Waals surface area contributed by atoms with E-state index in [0.29, 0.717) is 22.9 Å². The second-order valence-corrected chi connectivity index (χ2v) is 10.3. The summed E-state index contributed by atoms with van der Waals surface area (Å²) in [6, 6.07) is 10.4. The Labute approximate surface area is 186 Å². The van der Waals surface area contributed by atoms with Crippen LogP contribution in [-0.2, 0) is 26.2 Å². The molecule has 2 aromatic rings. The third-order valence-electron chi connectivity index (χ3n) is 5.23. The van der Waals surface area contributed by atoms with Crippen molar-refractivity contribution in [2.45, 2.75) is 42.5 Å². The van der Waals surface area contributed by atoms with Gasteiger partial charge >= 0.3 is 11.8 Å². The van der Waals surface area contributed by atoms with E-state index in [9.17, 15) is 18.0 Å². The van der Waals surface area contributed by atoms with E-state index in [1.807, 2.05) is 18.2 Å². The highest BCUT2D eigenvalue weighted by Gasteiger charge is 2.33. The largest absolute Gasteiger partial charge is 0.496 e. The number of carbonyl (C=O) groups excluding carboxylic acids is 2. The summed E-state index contributed by atoms with van der Waals surface area (Å²) < 4.78 is 32.9. The number of sulfonamides is 1. The molecule has 1 saturated heterocycles. The topological polar surface area (TPSA) is 105 Å². The second kappa shape index (κ2) is 10.7. The first-order valence-electron chi connectivity index (χ1n) is 10.2. The van der Waals surface area contributed by atoms with Crippen molar-refractivity contribution >= 4 is 33.2 Å². The molecule has 8 nitrogen and oxygen atoms in total. The summed E-state index contributed by atoms with van der Waals surface area (Å²) in [6.45, 7) is 0.867. The van der Waals surface area contributed by atoms with Gasteiger partial charge in [0.05, 0.1) is 7.11 Å². The Bertz CT molecular complexity index is 992. The predicted molar refractivity (Wildman–Crippen MR) is 118 cm³/mol. The number of ether oxygens (including phenoxy) is 1. The average Bonchev–Trinajstić information content (AvgIpc) is 3.34. The summed E-state index contributed by atoms with van der Waals surface area (Å²) in [5.74, 6) is -0.844. The first-order valence-corrected chi connectivity index (χ1v) is 12.5. The summed E-state index contributed by atoms with van der Waals surface area (Å²) in [7, 11) is -1.99. The number of methoxy groups -OCH3 is 1. The molecule has 1 aromatic heterocycles. The van der Waals surface area contributed by atoms with E-state index in [1.54, 1.807) is 30.7 Å². The second-order valence-electron chi connectivity index (χ2n) is 7.24. The van der Waals surface area contributed by atoms with Gasteiger partial charge in [-0.05, 0) is 36.8 Å². The number of nitrogens with one attached hydrogen (secondary N) is 2. The van der Waals surface area contributed by atoms with Crippen molar-refractivity contribution in [1.29, 1.82) is 0 Å². The maximum Gasteiger partial charge on any atom is 0.309 e. The molecule has 0 radical (unpaired) electrons. The fraction of sp³-hybridized carbons (Fsp3) is 0.429. The number of para-hydroxylation sites is 1. The molecule has 3 rings (SSSR count). The lowest BCUT2D eigenvalue weighted by Gasteiger charge is -2.34. The van der Waals surface area contributed by atoms with Crippen LogP contribution in [0, 0.1) is 0 Å². The molecule has 0 bridgehead atoms. The number of hydrogen-bond acceptors (Lipinski definition) is 6. The standard InChI is InChI=1S/C21H27N3O5S2/c1-29-18-9-3-2-7-16(18)15-23-21(26)20(25)22-12-11-17-8-4-5-13-24(17)31(27,28)19-10-6-14-30-19/h2-3,6-7,9-10,14,17H,4-5,8,11-13,15H2,1H3,(H,22,25)(H,23,26)/t17-/m0/s1. The van der Waals surface area contributed by atoms with E-state index in [2.05, 4.69) is 10.6 Å². The van der Waals surface area contributed by atoms with Gasteiger partial charge in [0, 0.05) is 31.2 Å². The van der Waals surface area contributed by atoms with Gasteiger partial charge in [-0.15, -0.1) is 11.3 Å². The van der Waals surface area contributed by atoms with Crippen molar-refractivity contribution < 1.29 is 22.7 Å². The third kappa shape index (κ3) is 5.84. The highest BCUT2D eigenvalue weighted by atomic mass is 32.2. The number of rotatable bonds is 8. The molecule has 2 heterocycles. The lowest BCUT2D eigenvalue weighted by molar-refractivity contribution is -0.139. The molecule has 1 aliphatic heterocycles. The minimum absolute atomic E-state index is 0.172. The molecule has 0 saturated carbocycles. The van der Waals surface area contributed by atoms with E-state index < -0.39 is 21.8 Å². The molecule has 1 aliphatic rings. The number of hydrogen-bond donors (Lipinski definition) is 2. The highest BCUT2D eigenvalue weighted by Crippen LogP contribution is 2.29. The Hall–Kier alpha value is -2.43. The van der Waals surface area contributed by atoms with E-state index in [1.165, 1.54) is 15.6 Å². The van der Waals surface area contributed by atoms with Crippen molar-refractivity contribution in [2.75, 3.05) is 20.2 Å².